The van der Waals surface area contributed by atoms with Gasteiger partial charge in [0.1, 0.15) is 23.9 Å². The summed E-state index contributed by atoms with van der Waals surface area (Å²) in [4.78, 5) is -1.35. The Balaban J connectivity index is 2.18. The molecule has 0 fully saturated rings. The molecule has 0 radical (unpaired) electrons. The van der Waals surface area contributed by atoms with E-state index in [1.807, 2.05) is 0 Å². The number of benzene rings is 2. The molecule has 0 aliphatic carbocycles. The second-order valence-electron chi connectivity index (χ2n) is 5.88. The van der Waals surface area contributed by atoms with Gasteiger partial charge in [0, 0.05) is 5.56 Å². The Morgan fingerprint density at radius 1 is 1.03 bits per heavy atom. The van der Waals surface area contributed by atoms with Gasteiger partial charge in [0.2, 0.25) is 10.0 Å². The first kappa shape index (κ1) is 20.9. The van der Waals surface area contributed by atoms with Gasteiger partial charge in [-0.3, -0.25) is 0 Å². The molecule has 2 aromatic carbocycles. The molecule has 3 rings (SSSR count). The minimum absolute atomic E-state index is 0.104. The van der Waals surface area contributed by atoms with Crippen molar-refractivity contribution in [1.29, 1.82) is 0 Å². The molecule has 3 N–H and O–H groups in total. The lowest BCUT2D eigenvalue weighted by Crippen LogP contribution is -2.16. The van der Waals surface area contributed by atoms with Crippen molar-refractivity contribution in [3.63, 3.8) is 0 Å². The first-order valence-electron chi connectivity index (χ1n) is 7.72. The molecule has 154 valence electrons. The number of aliphatic hydroxyl groups is 1. The zero-order chi connectivity index (χ0) is 21.6. The van der Waals surface area contributed by atoms with Crippen LogP contribution in [0, 0.1) is 11.6 Å². The monoisotopic (exact) mass is 434 g/mol. The summed E-state index contributed by atoms with van der Waals surface area (Å²) < 4.78 is 94.2. The standard InChI is InChI=1S/C17H11F5N2O4S/c18-11-5-9(6-12(19)16(11)29(23,26)27)14-13(7-25)28-24-15(14)8-1-3-10(4-2-8)17(20,21)22/h1-6,25H,7H2,(H2,23,26,27). The molecule has 0 amide bonds. The van der Waals surface area contributed by atoms with Crippen LogP contribution in [-0.4, -0.2) is 18.7 Å². The molecular formula is C17H11F5N2O4S. The molecule has 0 spiro atoms. The number of aromatic nitrogens is 1. The quantitative estimate of drug-likeness (QED) is 0.612. The minimum atomic E-state index is -4.69. The highest BCUT2D eigenvalue weighted by Crippen LogP contribution is 2.38. The van der Waals surface area contributed by atoms with Gasteiger partial charge in [0.05, 0.1) is 11.1 Å². The van der Waals surface area contributed by atoms with Crippen LogP contribution in [0.15, 0.2) is 45.8 Å². The van der Waals surface area contributed by atoms with E-state index in [-0.39, 0.29) is 28.1 Å². The second kappa shape index (κ2) is 7.21. The van der Waals surface area contributed by atoms with Gasteiger partial charge < -0.3 is 9.63 Å². The number of halogens is 5. The normalized spacial score (nSPS) is 12.4. The van der Waals surface area contributed by atoms with E-state index in [1.165, 1.54) is 0 Å². The van der Waals surface area contributed by atoms with Crippen molar-refractivity contribution in [2.24, 2.45) is 5.14 Å². The first-order chi connectivity index (χ1) is 13.4. The molecule has 0 aliphatic rings. The lowest BCUT2D eigenvalue weighted by molar-refractivity contribution is -0.137. The van der Waals surface area contributed by atoms with Crippen LogP contribution in [0.2, 0.25) is 0 Å². The van der Waals surface area contributed by atoms with Crippen molar-refractivity contribution in [3.8, 4) is 22.4 Å². The number of hydrogen-bond acceptors (Lipinski definition) is 5. The van der Waals surface area contributed by atoms with Crippen LogP contribution >= 0.6 is 0 Å². The summed E-state index contributed by atoms with van der Waals surface area (Å²) in [6.07, 6.45) is -4.57. The lowest BCUT2D eigenvalue weighted by atomic mass is 9.98. The lowest BCUT2D eigenvalue weighted by Gasteiger charge is -2.09. The maximum atomic E-state index is 14.2. The minimum Gasteiger partial charge on any atom is -0.388 e. The number of nitrogens with two attached hydrogens (primary N) is 1. The SMILES string of the molecule is NS(=O)(=O)c1c(F)cc(-c2c(-c3ccc(C(F)(F)F)cc3)noc2CO)cc1F. The van der Waals surface area contributed by atoms with E-state index < -0.39 is 44.9 Å². The smallest absolute Gasteiger partial charge is 0.388 e. The van der Waals surface area contributed by atoms with Crippen molar-refractivity contribution in [1.82, 2.24) is 5.16 Å². The van der Waals surface area contributed by atoms with Gasteiger partial charge in [-0.05, 0) is 29.8 Å². The molecule has 0 unspecified atom stereocenters. The van der Waals surface area contributed by atoms with Crippen LogP contribution in [0.25, 0.3) is 22.4 Å². The molecule has 29 heavy (non-hydrogen) atoms. The predicted octanol–water partition coefficient (Wildman–Crippen LogP) is 3.45. The molecule has 1 aromatic heterocycles. The van der Waals surface area contributed by atoms with Crippen molar-refractivity contribution < 1.29 is 40.0 Å². The molecule has 0 saturated heterocycles. The van der Waals surface area contributed by atoms with Crippen molar-refractivity contribution in [2.45, 2.75) is 17.7 Å². The van der Waals surface area contributed by atoms with Crippen LogP contribution in [0.5, 0.6) is 0 Å². The van der Waals surface area contributed by atoms with E-state index in [9.17, 15) is 35.5 Å². The van der Waals surface area contributed by atoms with Gasteiger partial charge in [-0.2, -0.15) is 13.2 Å². The summed E-state index contributed by atoms with van der Waals surface area (Å²) in [7, 11) is -4.69. The molecule has 0 bridgehead atoms. The van der Waals surface area contributed by atoms with Gasteiger partial charge in [-0.15, -0.1) is 0 Å². The van der Waals surface area contributed by atoms with Crippen LogP contribution in [-0.2, 0) is 22.8 Å². The Bertz CT molecular complexity index is 1150. The van der Waals surface area contributed by atoms with E-state index in [2.05, 4.69) is 5.16 Å². The summed E-state index contributed by atoms with van der Waals surface area (Å²) in [5, 5.41) is 17.9. The number of nitrogens with zero attached hydrogens (tertiary/aromatic N) is 1. The Morgan fingerprint density at radius 3 is 2.03 bits per heavy atom. The highest BCUT2D eigenvalue weighted by Gasteiger charge is 2.31. The summed E-state index contributed by atoms with van der Waals surface area (Å²) in [6.45, 7) is -0.747. The fourth-order valence-corrected chi connectivity index (χ4v) is 3.38. The highest BCUT2D eigenvalue weighted by atomic mass is 32.2. The van der Waals surface area contributed by atoms with E-state index >= 15 is 0 Å². The topological polar surface area (TPSA) is 106 Å². The number of alkyl halides is 3. The Hall–Kier alpha value is -2.83. The van der Waals surface area contributed by atoms with Crippen molar-refractivity contribution in [3.05, 3.63) is 59.4 Å². The van der Waals surface area contributed by atoms with Crippen LogP contribution in [0.3, 0.4) is 0 Å². The summed E-state index contributed by atoms with van der Waals surface area (Å²) in [5.74, 6) is -3.22. The van der Waals surface area contributed by atoms with Crippen LogP contribution in [0.1, 0.15) is 11.3 Å². The molecule has 3 aromatic rings. The zero-order valence-corrected chi connectivity index (χ0v) is 15.0. The van der Waals surface area contributed by atoms with E-state index in [4.69, 9.17) is 9.66 Å². The average molecular weight is 434 g/mol. The molecule has 12 heteroatoms. The third-order valence-electron chi connectivity index (χ3n) is 3.96. The number of rotatable bonds is 4. The van der Waals surface area contributed by atoms with Crippen LogP contribution in [0.4, 0.5) is 22.0 Å². The number of sulfonamides is 1. The summed E-state index contributed by atoms with van der Waals surface area (Å²) in [6, 6.07) is 4.97. The Morgan fingerprint density at radius 2 is 1.59 bits per heavy atom. The number of aliphatic hydroxyl groups excluding tert-OH is 1. The van der Waals surface area contributed by atoms with Gasteiger partial charge in [-0.25, -0.2) is 22.3 Å². The number of hydrogen-bond donors (Lipinski definition) is 2. The fraction of sp³-hybridized carbons (Fsp3) is 0.118. The second-order valence-corrected chi connectivity index (χ2v) is 7.37. The van der Waals surface area contributed by atoms with E-state index in [1.54, 1.807) is 0 Å². The number of primary sulfonamides is 1. The van der Waals surface area contributed by atoms with Crippen molar-refractivity contribution >= 4 is 10.0 Å². The molecular weight excluding hydrogens is 423 g/mol. The fourth-order valence-electron chi connectivity index (χ4n) is 2.72. The Labute approximate surface area is 160 Å². The van der Waals surface area contributed by atoms with Gasteiger partial charge in [0.15, 0.2) is 10.7 Å². The zero-order valence-electron chi connectivity index (χ0n) is 14.2. The maximum absolute atomic E-state index is 14.2. The predicted molar refractivity (Wildman–Crippen MR) is 89.6 cm³/mol. The van der Waals surface area contributed by atoms with Crippen molar-refractivity contribution in [2.75, 3.05) is 0 Å². The van der Waals surface area contributed by atoms with Gasteiger partial charge >= 0.3 is 6.18 Å². The van der Waals surface area contributed by atoms with Gasteiger partial charge in [-0.1, -0.05) is 17.3 Å². The highest BCUT2D eigenvalue weighted by molar-refractivity contribution is 7.89. The average Bonchev–Trinajstić information content (AvgIpc) is 3.03. The summed E-state index contributed by atoms with van der Waals surface area (Å²) in [5.41, 5.74) is -1.31. The third-order valence-corrected chi connectivity index (χ3v) is 4.92. The summed E-state index contributed by atoms with van der Waals surface area (Å²) >= 11 is 0. The molecule has 0 atom stereocenters. The third kappa shape index (κ3) is 3.99. The largest absolute Gasteiger partial charge is 0.416 e. The van der Waals surface area contributed by atoms with E-state index in [0.717, 1.165) is 24.3 Å². The molecule has 1 heterocycles. The molecule has 0 saturated carbocycles. The van der Waals surface area contributed by atoms with Crippen LogP contribution < -0.4 is 5.14 Å². The van der Waals surface area contributed by atoms with E-state index in [0.29, 0.717) is 12.1 Å². The molecule has 0 aliphatic heterocycles. The first-order valence-corrected chi connectivity index (χ1v) is 9.27. The Kier molecular flexibility index (Phi) is 5.19. The van der Waals surface area contributed by atoms with Gasteiger partial charge in [0.25, 0.3) is 0 Å². The maximum Gasteiger partial charge on any atom is 0.416 e. The molecule has 6 nitrogen and oxygen atoms in total.